The van der Waals surface area contributed by atoms with Crippen molar-refractivity contribution < 1.29 is 14.3 Å². The number of methoxy groups -OCH3 is 2. The van der Waals surface area contributed by atoms with Crippen molar-refractivity contribution in [3.05, 3.63) is 59.0 Å². The molecule has 2 N–H and O–H groups in total. The molecule has 0 saturated carbocycles. The first-order valence-corrected chi connectivity index (χ1v) is 9.75. The third kappa shape index (κ3) is 3.79. The smallest absolute Gasteiger partial charge is 0.273 e. The minimum Gasteiger partial charge on any atom is -0.497 e. The Kier molecular flexibility index (Phi) is 5.29. The van der Waals surface area contributed by atoms with Crippen LogP contribution < -0.4 is 14.8 Å². The van der Waals surface area contributed by atoms with Gasteiger partial charge in [0.2, 0.25) is 0 Å². The van der Waals surface area contributed by atoms with E-state index in [-0.39, 0.29) is 5.91 Å². The molecule has 2 heterocycles. The van der Waals surface area contributed by atoms with Crippen molar-refractivity contribution in [1.29, 1.82) is 0 Å². The monoisotopic (exact) mass is 417 g/mol. The van der Waals surface area contributed by atoms with Gasteiger partial charge < -0.3 is 14.8 Å². The Morgan fingerprint density at radius 3 is 2.39 bits per heavy atom. The summed E-state index contributed by atoms with van der Waals surface area (Å²) < 4.78 is 10.8. The van der Waals surface area contributed by atoms with Gasteiger partial charge in [-0.25, -0.2) is 9.97 Å². The van der Waals surface area contributed by atoms with Crippen LogP contribution in [0, 0.1) is 20.8 Å². The number of aromatic nitrogens is 4. The van der Waals surface area contributed by atoms with Crippen LogP contribution in [0.4, 0.5) is 5.69 Å². The van der Waals surface area contributed by atoms with Gasteiger partial charge in [0.15, 0.2) is 0 Å². The number of anilines is 1. The number of aromatic amines is 1. The van der Waals surface area contributed by atoms with Gasteiger partial charge in [0.1, 0.15) is 17.2 Å². The van der Waals surface area contributed by atoms with E-state index in [4.69, 9.17) is 9.47 Å². The van der Waals surface area contributed by atoms with E-state index in [1.54, 1.807) is 20.3 Å². The fourth-order valence-electron chi connectivity index (χ4n) is 3.38. The zero-order valence-corrected chi connectivity index (χ0v) is 18.0. The van der Waals surface area contributed by atoms with Crippen LogP contribution in [0.5, 0.6) is 11.5 Å². The molecule has 0 bridgehead atoms. The first-order chi connectivity index (χ1) is 14.9. The zero-order chi connectivity index (χ0) is 22.1. The predicted octanol–water partition coefficient (Wildman–Crippen LogP) is 4.21. The molecule has 0 atom stereocenters. The number of rotatable bonds is 5. The summed E-state index contributed by atoms with van der Waals surface area (Å²) in [7, 11) is 3.19. The van der Waals surface area contributed by atoms with Gasteiger partial charge in [-0.15, -0.1) is 0 Å². The number of fused-ring (bicyclic) bond motifs is 1. The average Bonchev–Trinajstić information content (AvgIpc) is 3.15. The van der Waals surface area contributed by atoms with E-state index in [1.165, 1.54) is 0 Å². The molecule has 1 amide bonds. The van der Waals surface area contributed by atoms with Gasteiger partial charge in [-0.05, 0) is 57.2 Å². The summed E-state index contributed by atoms with van der Waals surface area (Å²) in [4.78, 5) is 22.0. The lowest BCUT2D eigenvalue weighted by Crippen LogP contribution is -2.13. The molecule has 2 aromatic carbocycles. The second-order valence-corrected chi connectivity index (χ2v) is 7.19. The third-order valence-electron chi connectivity index (χ3n) is 5.23. The number of ether oxygens (including phenoxy) is 2. The maximum absolute atomic E-state index is 12.9. The number of nitrogens with one attached hydrogen (secondary N) is 2. The maximum Gasteiger partial charge on any atom is 0.273 e. The third-order valence-corrected chi connectivity index (χ3v) is 5.23. The van der Waals surface area contributed by atoms with Crippen molar-refractivity contribution in [3.8, 4) is 22.8 Å². The first-order valence-electron chi connectivity index (χ1n) is 9.75. The summed E-state index contributed by atoms with van der Waals surface area (Å²) >= 11 is 0. The highest BCUT2D eigenvalue weighted by Gasteiger charge is 2.20. The van der Waals surface area contributed by atoms with Crippen molar-refractivity contribution in [2.24, 2.45) is 0 Å². The number of carbonyl (C=O) groups is 1. The van der Waals surface area contributed by atoms with Crippen LogP contribution in [-0.4, -0.2) is 40.3 Å². The summed E-state index contributed by atoms with van der Waals surface area (Å²) in [5, 5.41) is 10.1. The van der Waals surface area contributed by atoms with Crippen LogP contribution in [0.15, 0.2) is 36.4 Å². The molecule has 0 unspecified atom stereocenters. The Balaban J connectivity index is 1.65. The fourth-order valence-corrected chi connectivity index (χ4v) is 3.38. The minimum atomic E-state index is -0.297. The van der Waals surface area contributed by atoms with Crippen LogP contribution in [0.3, 0.4) is 0 Å². The van der Waals surface area contributed by atoms with E-state index < -0.39 is 0 Å². The lowest BCUT2D eigenvalue weighted by atomic mass is 10.1. The number of nitrogens with zero attached hydrogens (tertiary/aromatic N) is 3. The molecule has 0 fully saturated rings. The Morgan fingerprint density at radius 2 is 1.68 bits per heavy atom. The molecule has 0 spiro atoms. The maximum atomic E-state index is 12.9. The molecule has 0 aliphatic heterocycles. The van der Waals surface area contributed by atoms with Gasteiger partial charge in [0.05, 0.1) is 42.3 Å². The normalized spacial score (nSPS) is 10.9. The lowest BCUT2D eigenvalue weighted by molar-refractivity contribution is 0.102. The van der Waals surface area contributed by atoms with Gasteiger partial charge in [0, 0.05) is 16.8 Å². The Labute approximate surface area is 179 Å². The SMILES string of the molecule is COc1ccc(OC)c(-c2n[nH]c(C(=O)Nc3ccc4nc(C)c(C)nc4c3)c2C)c1. The molecule has 0 aliphatic carbocycles. The van der Waals surface area contributed by atoms with Crippen LogP contribution in [0.2, 0.25) is 0 Å². The van der Waals surface area contributed by atoms with Crippen molar-refractivity contribution in [3.63, 3.8) is 0 Å². The fraction of sp³-hybridized carbons (Fsp3) is 0.217. The van der Waals surface area contributed by atoms with E-state index in [0.717, 1.165) is 28.0 Å². The Morgan fingerprint density at radius 1 is 0.935 bits per heavy atom. The molecule has 0 radical (unpaired) electrons. The standard InChI is InChI=1S/C23H23N5O3/c1-12-21(17-11-16(30-4)7-9-20(17)31-5)27-28-22(12)23(29)26-15-6-8-18-19(10-15)25-14(3)13(2)24-18/h6-11H,1-5H3,(H,26,29)(H,27,28). The molecular formula is C23H23N5O3. The second kappa shape index (κ2) is 8.06. The van der Waals surface area contributed by atoms with Gasteiger partial charge in [0.25, 0.3) is 5.91 Å². The van der Waals surface area contributed by atoms with Gasteiger partial charge in [-0.3, -0.25) is 9.89 Å². The van der Waals surface area contributed by atoms with Gasteiger partial charge >= 0.3 is 0 Å². The molecule has 0 saturated heterocycles. The van der Waals surface area contributed by atoms with Crippen LogP contribution >= 0.6 is 0 Å². The molecule has 0 aliphatic rings. The van der Waals surface area contributed by atoms with E-state index in [0.29, 0.717) is 34.1 Å². The van der Waals surface area contributed by atoms with Crippen molar-refractivity contribution in [2.45, 2.75) is 20.8 Å². The van der Waals surface area contributed by atoms with Gasteiger partial charge in [-0.2, -0.15) is 5.10 Å². The zero-order valence-electron chi connectivity index (χ0n) is 18.0. The first kappa shape index (κ1) is 20.3. The average molecular weight is 417 g/mol. The molecule has 8 nitrogen and oxygen atoms in total. The molecule has 4 aromatic rings. The summed E-state index contributed by atoms with van der Waals surface area (Å²) in [6.45, 7) is 5.67. The quantitative estimate of drug-likeness (QED) is 0.504. The molecule has 158 valence electrons. The van der Waals surface area contributed by atoms with E-state index >= 15 is 0 Å². The van der Waals surface area contributed by atoms with Crippen molar-refractivity contribution in [2.75, 3.05) is 19.5 Å². The van der Waals surface area contributed by atoms with E-state index in [1.807, 2.05) is 51.1 Å². The lowest BCUT2D eigenvalue weighted by Gasteiger charge is -2.10. The number of benzene rings is 2. The van der Waals surface area contributed by atoms with Crippen molar-refractivity contribution in [1.82, 2.24) is 20.2 Å². The molecule has 8 heteroatoms. The number of carbonyl (C=O) groups excluding carboxylic acids is 1. The minimum absolute atomic E-state index is 0.297. The van der Waals surface area contributed by atoms with Gasteiger partial charge in [-0.1, -0.05) is 0 Å². The predicted molar refractivity (Wildman–Crippen MR) is 119 cm³/mol. The number of H-pyrrole nitrogens is 1. The summed E-state index contributed by atoms with van der Waals surface area (Å²) in [6.07, 6.45) is 0. The largest absolute Gasteiger partial charge is 0.497 e. The molecule has 2 aromatic heterocycles. The molecule has 4 rings (SSSR count). The number of amides is 1. The highest BCUT2D eigenvalue weighted by molar-refractivity contribution is 6.05. The summed E-state index contributed by atoms with van der Waals surface area (Å²) in [5.74, 6) is 1.02. The topological polar surface area (TPSA) is 102 Å². The highest BCUT2D eigenvalue weighted by Crippen LogP contribution is 2.35. The van der Waals surface area contributed by atoms with E-state index in [9.17, 15) is 4.79 Å². The van der Waals surface area contributed by atoms with Crippen molar-refractivity contribution >= 4 is 22.6 Å². The number of hydrogen-bond acceptors (Lipinski definition) is 6. The van der Waals surface area contributed by atoms with Crippen LogP contribution in [-0.2, 0) is 0 Å². The second-order valence-electron chi connectivity index (χ2n) is 7.19. The Hall–Kier alpha value is -3.94. The number of hydrogen-bond donors (Lipinski definition) is 2. The van der Waals surface area contributed by atoms with E-state index in [2.05, 4.69) is 25.5 Å². The molecular weight excluding hydrogens is 394 g/mol. The van der Waals surface area contributed by atoms with Crippen LogP contribution in [0.25, 0.3) is 22.3 Å². The Bertz CT molecular complexity index is 1300. The van der Waals surface area contributed by atoms with Crippen LogP contribution in [0.1, 0.15) is 27.4 Å². The summed E-state index contributed by atoms with van der Waals surface area (Å²) in [5.41, 5.74) is 6.31. The molecule has 31 heavy (non-hydrogen) atoms. The number of aryl methyl sites for hydroxylation is 2. The highest BCUT2D eigenvalue weighted by atomic mass is 16.5. The summed E-state index contributed by atoms with van der Waals surface area (Å²) in [6, 6.07) is 10.9.